The van der Waals surface area contributed by atoms with Gasteiger partial charge < -0.3 is 0 Å². The van der Waals surface area contributed by atoms with E-state index < -0.39 is 7.33 Å². The lowest BCUT2D eigenvalue weighted by Gasteiger charge is -2.27. The zero-order valence-corrected chi connectivity index (χ0v) is 13.3. The van der Waals surface area contributed by atoms with Crippen molar-refractivity contribution in [2.75, 3.05) is 0 Å². The summed E-state index contributed by atoms with van der Waals surface area (Å²) in [4.78, 5) is 7.83. The summed E-state index contributed by atoms with van der Waals surface area (Å²) in [5.41, 5.74) is 1.33. The van der Waals surface area contributed by atoms with Crippen LogP contribution in [0, 0.1) is 0 Å². The Morgan fingerprint density at radius 1 is 0.684 bits per heavy atom. The quantitative estimate of drug-likeness (QED) is 0.716. The van der Waals surface area contributed by atoms with Crippen LogP contribution in [0.2, 0.25) is 0 Å². The molecule has 0 saturated heterocycles. The molecule has 0 N–H and O–H groups in total. The maximum Gasteiger partial charge on any atom is 0.191 e. The Morgan fingerprint density at radius 2 is 1.00 bits per heavy atom. The van der Waals surface area contributed by atoms with Crippen molar-refractivity contribution in [1.82, 2.24) is 9.97 Å². The van der Waals surface area contributed by atoms with Crippen molar-refractivity contribution >= 4 is 58.2 Å². The zero-order valence-electron chi connectivity index (χ0n) is 9.43. The van der Waals surface area contributed by atoms with Gasteiger partial charge in [-0.1, -0.05) is 58.2 Å². The molecular weight excluding hydrogens is 346 g/mol. The summed E-state index contributed by atoms with van der Waals surface area (Å²) >= 11 is 26.3. The number of thioether (sulfide) groups is 1. The third-order valence-corrected chi connectivity index (χ3v) is 5.07. The van der Waals surface area contributed by atoms with Crippen LogP contribution in [0.15, 0.2) is 49.1 Å². The van der Waals surface area contributed by atoms with E-state index in [-0.39, 0.29) is 0 Å². The van der Waals surface area contributed by atoms with Crippen molar-refractivity contribution in [3.05, 3.63) is 60.2 Å². The molecule has 0 spiro atoms. The Kier molecular flexibility index (Phi) is 4.85. The molecule has 0 aliphatic carbocycles. The van der Waals surface area contributed by atoms with Crippen LogP contribution in [-0.2, 0) is 7.33 Å². The summed E-state index contributed by atoms with van der Waals surface area (Å²) in [7, 11) is 0. The van der Waals surface area contributed by atoms with Gasteiger partial charge in [0.2, 0.25) is 0 Å². The predicted octanol–water partition coefficient (Wildman–Crippen LogP) is 5.09. The molecule has 2 rings (SSSR count). The molecule has 100 valence electrons. The van der Waals surface area contributed by atoms with E-state index in [1.54, 1.807) is 49.1 Å². The number of hydrogen-bond acceptors (Lipinski definition) is 3. The van der Waals surface area contributed by atoms with Crippen LogP contribution in [0.3, 0.4) is 0 Å². The highest BCUT2D eigenvalue weighted by atomic mass is 35.5. The summed E-state index contributed by atoms with van der Waals surface area (Å²) in [5, 5.41) is 0. The lowest BCUT2D eigenvalue weighted by atomic mass is 10.3. The Hall–Kier alpha value is -0.190. The summed E-state index contributed by atoms with van der Waals surface area (Å²) in [6.45, 7) is 0. The van der Waals surface area contributed by atoms with Gasteiger partial charge in [0.05, 0.1) is 0 Å². The van der Waals surface area contributed by atoms with Gasteiger partial charge in [-0.25, -0.2) is 0 Å². The van der Waals surface area contributed by atoms with Crippen LogP contribution in [-0.4, -0.2) is 9.97 Å². The summed E-state index contributed by atoms with van der Waals surface area (Å²) in [5.74, 6) is 0. The van der Waals surface area contributed by atoms with E-state index in [4.69, 9.17) is 46.4 Å². The number of hydrogen-bond donors (Lipinski definition) is 0. The molecule has 0 radical (unpaired) electrons. The largest absolute Gasteiger partial charge is 0.265 e. The van der Waals surface area contributed by atoms with Crippen molar-refractivity contribution in [3.8, 4) is 0 Å². The van der Waals surface area contributed by atoms with E-state index in [9.17, 15) is 0 Å². The first-order chi connectivity index (χ1) is 8.92. The molecule has 0 aliphatic heterocycles. The highest BCUT2D eigenvalue weighted by molar-refractivity contribution is 8.05. The minimum Gasteiger partial charge on any atom is -0.265 e. The number of alkyl halides is 4. The molecule has 0 amide bonds. The van der Waals surface area contributed by atoms with Gasteiger partial charge in [0, 0.05) is 35.9 Å². The fourth-order valence-electron chi connectivity index (χ4n) is 1.37. The highest BCUT2D eigenvalue weighted by Gasteiger charge is 2.40. The van der Waals surface area contributed by atoms with Crippen LogP contribution in [0.5, 0.6) is 0 Å². The Bertz CT molecular complexity index is 484. The van der Waals surface area contributed by atoms with Crippen LogP contribution >= 0.6 is 58.2 Å². The van der Waals surface area contributed by atoms with Crippen molar-refractivity contribution < 1.29 is 0 Å². The van der Waals surface area contributed by atoms with E-state index in [1.807, 2.05) is 0 Å². The fraction of sp³-hybridized carbons (Fsp3) is 0.167. The van der Waals surface area contributed by atoms with Crippen molar-refractivity contribution in [3.63, 3.8) is 0 Å². The summed E-state index contributed by atoms with van der Waals surface area (Å²) in [6, 6.07) is 6.85. The lowest BCUT2D eigenvalue weighted by Crippen LogP contribution is -2.15. The molecule has 0 atom stereocenters. The maximum absolute atomic E-state index is 6.31. The number of aromatic nitrogens is 2. The van der Waals surface area contributed by atoms with Crippen molar-refractivity contribution in [1.29, 1.82) is 0 Å². The Labute approximate surface area is 135 Å². The second-order valence-corrected chi connectivity index (χ2v) is 8.59. The minimum absolute atomic E-state index is 0.663. The monoisotopic (exact) mass is 352 g/mol. The number of pyridine rings is 2. The second kappa shape index (κ2) is 6.06. The molecule has 2 heterocycles. The van der Waals surface area contributed by atoms with Crippen LogP contribution in [0.1, 0.15) is 11.1 Å². The first-order valence-electron chi connectivity index (χ1n) is 5.19. The number of rotatable bonds is 4. The molecule has 7 heteroatoms. The zero-order chi connectivity index (χ0) is 13.9. The van der Waals surface area contributed by atoms with E-state index in [0.717, 1.165) is 11.8 Å². The maximum atomic E-state index is 6.31. The fourth-order valence-corrected chi connectivity index (χ4v) is 4.57. The van der Waals surface area contributed by atoms with E-state index in [1.165, 1.54) is 0 Å². The minimum atomic E-state index is -1.28. The molecule has 0 bridgehead atoms. The molecular formula is C12H8Cl4N2S. The van der Waals surface area contributed by atoms with Crippen LogP contribution in [0.25, 0.3) is 0 Å². The molecule has 2 aromatic rings. The topological polar surface area (TPSA) is 25.8 Å². The van der Waals surface area contributed by atoms with E-state index in [0.29, 0.717) is 11.1 Å². The smallest absolute Gasteiger partial charge is 0.191 e. The first-order valence-corrected chi connectivity index (χ1v) is 7.51. The molecule has 2 nitrogen and oxygen atoms in total. The normalized spacial score (nSPS) is 12.4. The third kappa shape index (κ3) is 3.89. The van der Waals surface area contributed by atoms with Gasteiger partial charge in [0.15, 0.2) is 7.33 Å². The molecule has 0 fully saturated rings. The molecule has 2 aromatic heterocycles. The lowest BCUT2D eigenvalue weighted by molar-refractivity contribution is 1.15. The summed E-state index contributed by atoms with van der Waals surface area (Å²) < 4.78 is -2.56. The molecule has 0 aromatic carbocycles. The summed E-state index contributed by atoms with van der Waals surface area (Å²) in [6.07, 6.45) is 6.41. The number of halogens is 4. The Morgan fingerprint density at radius 3 is 1.32 bits per heavy atom. The second-order valence-electron chi connectivity index (χ2n) is 3.61. The van der Waals surface area contributed by atoms with Gasteiger partial charge in [-0.05, 0) is 24.3 Å². The molecule has 0 aliphatic rings. The van der Waals surface area contributed by atoms with Gasteiger partial charge in [-0.2, -0.15) is 0 Å². The van der Waals surface area contributed by atoms with Gasteiger partial charge in [-0.3, -0.25) is 9.97 Å². The van der Waals surface area contributed by atoms with Gasteiger partial charge in [-0.15, -0.1) is 0 Å². The SMILES string of the molecule is ClC(Cl)(SC(Cl)(Cl)c1ccncc1)c1ccncc1. The standard InChI is InChI=1S/C12H8Cl4N2S/c13-11(14,9-1-5-17-6-2-9)19-12(15,16)10-3-7-18-8-4-10/h1-8H. The van der Waals surface area contributed by atoms with Gasteiger partial charge in [0.1, 0.15) is 0 Å². The number of nitrogens with zero attached hydrogens (tertiary/aromatic N) is 2. The third-order valence-electron chi connectivity index (χ3n) is 2.29. The van der Waals surface area contributed by atoms with Crippen LogP contribution < -0.4 is 0 Å². The Balaban J connectivity index is 2.25. The molecule has 0 saturated carbocycles. The first kappa shape index (κ1) is 15.2. The van der Waals surface area contributed by atoms with Crippen molar-refractivity contribution in [2.45, 2.75) is 7.33 Å². The van der Waals surface area contributed by atoms with E-state index >= 15 is 0 Å². The molecule has 0 unspecified atom stereocenters. The van der Waals surface area contributed by atoms with Gasteiger partial charge in [0.25, 0.3) is 0 Å². The predicted molar refractivity (Wildman–Crippen MR) is 82.8 cm³/mol. The average Bonchev–Trinajstić information content (AvgIpc) is 2.40. The highest BCUT2D eigenvalue weighted by Crippen LogP contribution is 2.58. The van der Waals surface area contributed by atoms with Gasteiger partial charge >= 0.3 is 0 Å². The molecule has 19 heavy (non-hydrogen) atoms. The van der Waals surface area contributed by atoms with E-state index in [2.05, 4.69) is 9.97 Å². The average molecular weight is 354 g/mol. The van der Waals surface area contributed by atoms with Crippen LogP contribution in [0.4, 0.5) is 0 Å². The van der Waals surface area contributed by atoms with Crippen molar-refractivity contribution in [2.24, 2.45) is 0 Å².